The molecule has 0 unspecified atom stereocenters. The van der Waals surface area contributed by atoms with Crippen molar-refractivity contribution in [2.24, 2.45) is 10.2 Å². The lowest BCUT2D eigenvalue weighted by Gasteiger charge is -1.98. The first-order chi connectivity index (χ1) is 8.91. The van der Waals surface area contributed by atoms with Crippen molar-refractivity contribution in [3.8, 4) is 0 Å². The second-order valence-electron chi connectivity index (χ2n) is 5.27. The SMILES string of the molecule is CCCCCCCCN=NCCCCCCCC. The lowest BCUT2D eigenvalue weighted by molar-refractivity contribution is 0.593. The van der Waals surface area contributed by atoms with Gasteiger partial charge in [-0.25, -0.2) is 0 Å². The molecule has 2 nitrogen and oxygen atoms in total. The van der Waals surface area contributed by atoms with Gasteiger partial charge in [0.2, 0.25) is 0 Å². The van der Waals surface area contributed by atoms with Gasteiger partial charge in [0.15, 0.2) is 0 Å². The van der Waals surface area contributed by atoms with Crippen LogP contribution in [0.1, 0.15) is 90.9 Å². The van der Waals surface area contributed by atoms with Crippen LogP contribution in [0.2, 0.25) is 0 Å². The van der Waals surface area contributed by atoms with Crippen LogP contribution in [-0.2, 0) is 0 Å². The number of nitrogens with zero attached hydrogens (tertiary/aromatic N) is 2. The molecule has 0 aliphatic rings. The first-order valence-electron chi connectivity index (χ1n) is 8.25. The van der Waals surface area contributed by atoms with Crippen LogP contribution in [-0.4, -0.2) is 13.1 Å². The van der Waals surface area contributed by atoms with E-state index in [2.05, 4.69) is 24.1 Å². The zero-order chi connectivity index (χ0) is 13.3. The highest BCUT2D eigenvalue weighted by Gasteiger charge is 1.90. The molecule has 0 spiro atoms. The predicted octanol–water partition coefficient (Wildman–Crippen LogP) is 6.16. The van der Waals surface area contributed by atoms with Gasteiger partial charge in [0.05, 0.1) is 13.1 Å². The Kier molecular flexibility index (Phi) is 16.2. The molecule has 0 radical (unpaired) electrons. The Balaban J connectivity index is 3.00. The van der Waals surface area contributed by atoms with Crippen LogP contribution in [0.4, 0.5) is 0 Å². The van der Waals surface area contributed by atoms with E-state index < -0.39 is 0 Å². The summed E-state index contributed by atoms with van der Waals surface area (Å²) >= 11 is 0. The third-order valence-electron chi connectivity index (χ3n) is 3.32. The van der Waals surface area contributed by atoms with Gasteiger partial charge < -0.3 is 0 Å². The molecular formula is C16H34N2. The van der Waals surface area contributed by atoms with Crippen molar-refractivity contribution in [1.29, 1.82) is 0 Å². The number of rotatable bonds is 14. The average Bonchev–Trinajstić information content (AvgIpc) is 2.39. The number of unbranched alkanes of at least 4 members (excludes halogenated alkanes) is 10. The maximum Gasteiger partial charge on any atom is 0.0598 e. The Labute approximate surface area is 115 Å². The Morgan fingerprint density at radius 1 is 0.444 bits per heavy atom. The summed E-state index contributed by atoms with van der Waals surface area (Å²) in [4.78, 5) is 0. The van der Waals surface area contributed by atoms with E-state index in [1.165, 1.54) is 77.0 Å². The van der Waals surface area contributed by atoms with Crippen molar-refractivity contribution in [1.82, 2.24) is 0 Å². The molecule has 0 aliphatic heterocycles. The average molecular weight is 254 g/mol. The van der Waals surface area contributed by atoms with E-state index in [1.807, 2.05) is 0 Å². The predicted molar refractivity (Wildman–Crippen MR) is 81.3 cm³/mol. The summed E-state index contributed by atoms with van der Waals surface area (Å²) in [6.45, 7) is 6.41. The van der Waals surface area contributed by atoms with Crippen LogP contribution in [0, 0.1) is 0 Å². The largest absolute Gasteiger partial charge is 0.194 e. The Morgan fingerprint density at radius 2 is 0.778 bits per heavy atom. The molecule has 0 heterocycles. The maximum atomic E-state index is 4.25. The standard InChI is InChI=1S/C16H34N2/c1-3-5-7-9-11-13-15-17-18-16-14-12-10-8-6-4-2/h3-16H2,1-2H3. The van der Waals surface area contributed by atoms with Gasteiger partial charge in [0.25, 0.3) is 0 Å². The molecule has 0 aliphatic carbocycles. The van der Waals surface area contributed by atoms with E-state index >= 15 is 0 Å². The van der Waals surface area contributed by atoms with Crippen molar-refractivity contribution in [3.63, 3.8) is 0 Å². The monoisotopic (exact) mass is 254 g/mol. The minimum absolute atomic E-state index is 0.946. The molecule has 0 aromatic heterocycles. The molecule has 0 saturated carbocycles. The van der Waals surface area contributed by atoms with Crippen molar-refractivity contribution < 1.29 is 0 Å². The minimum Gasteiger partial charge on any atom is -0.194 e. The van der Waals surface area contributed by atoms with Crippen molar-refractivity contribution in [2.75, 3.05) is 13.1 Å². The molecule has 0 atom stereocenters. The van der Waals surface area contributed by atoms with E-state index in [1.54, 1.807) is 0 Å². The van der Waals surface area contributed by atoms with Crippen LogP contribution in [0.3, 0.4) is 0 Å². The van der Waals surface area contributed by atoms with Gasteiger partial charge in [-0.15, -0.1) is 0 Å². The maximum absolute atomic E-state index is 4.25. The molecule has 0 saturated heterocycles. The molecule has 18 heavy (non-hydrogen) atoms. The summed E-state index contributed by atoms with van der Waals surface area (Å²) < 4.78 is 0. The summed E-state index contributed by atoms with van der Waals surface area (Å²) in [5.41, 5.74) is 0. The highest BCUT2D eigenvalue weighted by atomic mass is 15.1. The van der Waals surface area contributed by atoms with Crippen LogP contribution >= 0.6 is 0 Å². The quantitative estimate of drug-likeness (QED) is 0.262. The van der Waals surface area contributed by atoms with Gasteiger partial charge in [-0.1, -0.05) is 78.1 Å². The third-order valence-corrected chi connectivity index (χ3v) is 3.32. The first-order valence-corrected chi connectivity index (χ1v) is 8.25. The van der Waals surface area contributed by atoms with Crippen LogP contribution in [0.25, 0.3) is 0 Å². The smallest absolute Gasteiger partial charge is 0.0598 e. The van der Waals surface area contributed by atoms with E-state index in [0.29, 0.717) is 0 Å². The first kappa shape index (κ1) is 17.6. The fourth-order valence-electron chi connectivity index (χ4n) is 2.07. The fraction of sp³-hybridized carbons (Fsp3) is 1.00. The molecule has 0 aromatic carbocycles. The molecule has 0 bridgehead atoms. The van der Waals surface area contributed by atoms with Gasteiger partial charge in [0, 0.05) is 0 Å². The summed E-state index contributed by atoms with van der Waals surface area (Å²) in [6.07, 6.45) is 16.1. The van der Waals surface area contributed by atoms with Gasteiger partial charge in [-0.05, 0) is 12.8 Å². The molecule has 108 valence electrons. The molecule has 0 aromatic rings. The van der Waals surface area contributed by atoms with Gasteiger partial charge >= 0.3 is 0 Å². The topological polar surface area (TPSA) is 24.7 Å². The fourth-order valence-corrected chi connectivity index (χ4v) is 2.07. The van der Waals surface area contributed by atoms with E-state index in [0.717, 1.165) is 13.1 Å². The van der Waals surface area contributed by atoms with Gasteiger partial charge in [-0.3, -0.25) is 0 Å². The summed E-state index contributed by atoms with van der Waals surface area (Å²) in [5.74, 6) is 0. The minimum atomic E-state index is 0.946. The molecule has 0 rings (SSSR count). The highest BCUT2D eigenvalue weighted by molar-refractivity contribution is 4.48. The summed E-state index contributed by atoms with van der Waals surface area (Å²) in [5, 5.41) is 8.50. The normalized spacial score (nSPS) is 11.4. The van der Waals surface area contributed by atoms with E-state index in [4.69, 9.17) is 0 Å². The zero-order valence-corrected chi connectivity index (χ0v) is 12.8. The third kappa shape index (κ3) is 15.6. The van der Waals surface area contributed by atoms with E-state index in [9.17, 15) is 0 Å². The highest BCUT2D eigenvalue weighted by Crippen LogP contribution is 2.06. The molecule has 0 fully saturated rings. The van der Waals surface area contributed by atoms with Crippen LogP contribution in [0.5, 0.6) is 0 Å². The molecule has 2 heteroatoms. The Bertz CT molecular complexity index is 148. The Hall–Kier alpha value is -0.400. The summed E-state index contributed by atoms with van der Waals surface area (Å²) in [7, 11) is 0. The number of hydrogen-bond donors (Lipinski definition) is 0. The lowest BCUT2D eigenvalue weighted by atomic mass is 10.1. The van der Waals surface area contributed by atoms with Crippen molar-refractivity contribution in [3.05, 3.63) is 0 Å². The van der Waals surface area contributed by atoms with Crippen LogP contribution < -0.4 is 0 Å². The van der Waals surface area contributed by atoms with Crippen molar-refractivity contribution in [2.45, 2.75) is 90.9 Å². The molecule has 0 N–H and O–H groups in total. The van der Waals surface area contributed by atoms with Gasteiger partial charge in [-0.2, -0.15) is 10.2 Å². The Morgan fingerprint density at radius 3 is 1.17 bits per heavy atom. The second-order valence-corrected chi connectivity index (χ2v) is 5.27. The zero-order valence-electron chi connectivity index (χ0n) is 12.8. The van der Waals surface area contributed by atoms with Crippen molar-refractivity contribution >= 4 is 0 Å². The van der Waals surface area contributed by atoms with Crippen LogP contribution in [0.15, 0.2) is 10.2 Å². The second kappa shape index (κ2) is 16.6. The molecular weight excluding hydrogens is 220 g/mol. The van der Waals surface area contributed by atoms with E-state index in [-0.39, 0.29) is 0 Å². The summed E-state index contributed by atoms with van der Waals surface area (Å²) in [6, 6.07) is 0. The number of azo groups is 1. The van der Waals surface area contributed by atoms with Gasteiger partial charge in [0.1, 0.15) is 0 Å². The lowest BCUT2D eigenvalue weighted by Crippen LogP contribution is -1.85. The number of hydrogen-bond acceptors (Lipinski definition) is 2. The molecule has 0 amide bonds.